The molecule has 0 fully saturated rings. The van der Waals surface area contributed by atoms with Gasteiger partial charge in [-0.25, -0.2) is 18.0 Å². The lowest BCUT2D eigenvalue weighted by molar-refractivity contribution is 0.262. The third kappa shape index (κ3) is 3.55. The molecule has 0 saturated heterocycles. The first-order valence-electron chi connectivity index (χ1n) is 5.86. The molecule has 0 saturated carbocycles. The molecule has 2 N–H and O–H groups in total. The number of urea groups is 1. The third-order valence-electron chi connectivity index (χ3n) is 2.70. The lowest BCUT2D eigenvalue weighted by Crippen LogP contribution is -2.20. The van der Waals surface area contributed by atoms with Crippen LogP contribution in [0.5, 0.6) is 0 Å². The van der Waals surface area contributed by atoms with Crippen LogP contribution < -0.4 is 10.6 Å². The summed E-state index contributed by atoms with van der Waals surface area (Å²) >= 11 is 3.32. The smallest absolute Gasteiger partial charge is 0.308 e. The first-order chi connectivity index (χ1) is 9.88. The zero-order valence-corrected chi connectivity index (χ0v) is 12.4. The van der Waals surface area contributed by atoms with Crippen LogP contribution in [-0.4, -0.2) is 6.03 Å². The molecule has 0 aliphatic carbocycles. The minimum atomic E-state index is -1.63. The van der Waals surface area contributed by atoms with E-state index in [2.05, 4.69) is 26.6 Å². The van der Waals surface area contributed by atoms with Gasteiger partial charge in [0.15, 0.2) is 17.5 Å². The Kier molecular flexibility index (Phi) is 4.52. The summed E-state index contributed by atoms with van der Waals surface area (Å²) in [4.78, 5) is 11.7. The van der Waals surface area contributed by atoms with Gasteiger partial charge < -0.3 is 10.6 Å². The summed E-state index contributed by atoms with van der Waals surface area (Å²) in [5.74, 6) is -4.40. The molecule has 0 aliphatic heterocycles. The van der Waals surface area contributed by atoms with E-state index >= 15 is 0 Å². The maximum Gasteiger partial charge on any atom is 0.323 e. The van der Waals surface area contributed by atoms with Crippen molar-refractivity contribution in [2.24, 2.45) is 0 Å². The molecular weight excluding hydrogens is 349 g/mol. The van der Waals surface area contributed by atoms with Crippen molar-refractivity contribution >= 4 is 33.3 Å². The summed E-state index contributed by atoms with van der Waals surface area (Å²) < 4.78 is 40.1. The molecule has 21 heavy (non-hydrogen) atoms. The summed E-state index contributed by atoms with van der Waals surface area (Å²) in [6.45, 7) is 1.84. The Morgan fingerprint density at radius 2 is 1.76 bits per heavy atom. The van der Waals surface area contributed by atoms with Gasteiger partial charge in [0.1, 0.15) is 0 Å². The Hall–Kier alpha value is -2.02. The molecule has 2 rings (SSSR count). The SMILES string of the molecule is Cc1cc(NC(=O)Nc2ccc(F)c(F)c2F)ccc1Br. The molecule has 0 aromatic heterocycles. The van der Waals surface area contributed by atoms with E-state index in [-0.39, 0.29) is 0 Å². The van der Waals surface area contributed by atoms with Crippen molar-refractivity contribution in [1.29, 1.82) is 0 Å². The van der Waals surface area contributed by atoms with Crippen LogP contribution in [0.2, 0.25) is 0 Å². The van der Waals surface area contributed by atoms with E-state index in [1.807, 2.05) is 6.92 Å². The second kappa shape index (κ2) is 6.17. The van der Waals surface area contributed by atoms with Crippen LogP contribution in [0.4, 0.5) is 29.3 Å². The third-order valence-corrected chi connectivity index (χ3v) is 3.59. The van der Waals surface area contributed by atoms with Gasteiger partial charge in [-0.05, 0) is 42.8 Å². The predicted octanol–water partition coefficient (Wildman–Crippen LogP) is 4.82. The second-order valence-electron chi connectivity index (χ2n) is 4.27. The second-order valence-corrected chi connectivity index (χ2v) is 5.12. The summed E-state index contributed by atoms with van der Waals surface area (Å²) in [6.07, 6.45) is 0. The number of hydrogen-bond acceptors (Lipinski definition) is 1. The molecule has 0 spiro atoms. The van der Waals surface area contributed by atoms with Crippen LogP contribution in [0.25, 0.3) is 0 Å². The number of halogens is 4. The summed E-state index contributed by atoms with van der Waals surface area (Å²) in [7, 11) is 0. The number of carbonyl (C=O) groups excluding carboxylic acids is 1. The van der Waals surface area contributed by atoms with Crippen molar-refractivity contribution in [3.8, 4) is 0 Å². The maximum atomic E-state index is 13.4. The van der Waals surface area contributed by atoms with Crippen LogP contribution in [0, 0.1) is 24.4 Å². The first kappa shape index (κ1) is 15.4. The lowest BCUT2D eigenvalue weighted by Gasteiger charge is -2.10. The van der Waals surface area contributed by atoms with Gasteiger partial charge in [-0.15, -0.1) is 0 Å². The van der Waals surface area contributed by atoms with Crippen molar-refractivity contribution in [3.63, 3.8) is 0 Å². The molecule has 0 bridgehead atoms. The molecule has 3 nitrogen and oxygen atoms in total. The quantitative estimate of drug-likeness (QED) is 0.742. The van der Waals surface area contributed by atoms with Gasteiger partial charge in [-0.3, -0.25) is 0 Å². The zero-order chi connectivity index (χ0) is 15.6. The average Bonchev–Trinajstić information content (AvgIpc) is 2.44. The van der Waals surface area contributed by atoms with Crippen molar-refractivity contribution < 1.29 is 18.0 Å². The number of anilines is 2. The van der Waals surface area contributed by atoms with Crippen LogP contribution in [0.15, 0.2) is 34.8 Å². The number of amides is 2. The molecule has 0 radical (unpaired) electrons. The van der Waals surface area contributed by atoms with E-state index in [0.717, 1.165) is 22.2 Å². The Bertz CT molecular complexity index is 707. The minimum absolute atomic E-state index is 0.444. The van der Waals surface area contributed by atoms with Gasteiger partial charge >= 0.3 is 6.03 Å². The lowest BCUT2D eigenvalue weighted by atomic mass is 10.2. The average molecular weight is 359 g/mol. The van der Waals surface area contributed by atoms with Crippen molar-refractivity contribution in [1.82, 2.24) is 0 Å². The fraction of sp³-hybridized carbons (Fsp3) is 0.0714. The van der Waals surface area contributed by atoms with E-state index in [1.165, 1.54) is 0 Å². The Morgan fingerprint density at radius 3 is 2.43 bits per heavy atom. The van der Waals surface area contributed by atoms with Crippen LogP contribution >= 0.6 is 15.9 Å². The molecule has 0 heterocycles. The number of rotatable bonds is 2. The van der Waals surface area contributed by atoms with E-state index < -0.39 is 29.2 Å². The Labute approximate surface area is 127 Å². The highest BCUT2D eigenvalue weighted by atomic mass is 79.9. The normalized spacial score (nSPS) is 10.3. The zero-order valence-electron chi connectivity index (χ0n) is 10.8. The van der Waals surface area contributed by atoms with Crippen LogP contribution in [-0.2, 0) is 0 Å². The number of benzene rings is 2. The first-order valence-corrected chi connectivity index (χ1v) is 6.65. The number of hydrogen-bond donors (Lipinski definition) is 2. The highest BCUT2D eigenvalue weighted by Gasteiger charge is 2.15. The standard InChI is InChI=1S/C14H10BrF3N2O/c1-7-6-8(2-3-9(7)15)19-14(21)20-11-5-4-10(16)12(17)13(11)18/h2-6H,1H3,(H2,19,20,21). The van der Waals surface area contributed by atoms with Gasteiger partial charge in [-0.2, -0.15) is 0 Å². The molecule has 0 aliphatic rings. The molecule has 2 aromatic carbocycles. The Balaban J connectivity index is 2.12. The highest BCUT2D eigenvalue weighted by Crippen LogP contribution is 2.22. The van der Waals surface area contributed by atoms with E-state index in [4.69, 9.17) is 0 Å². The fourth-order valence-corrected chi connectivity index (χ4v) is 1.88. The Morgan fingerprint density at radius 1 is 1.05 bits per heavy atom. The van der Waals surface area contributed by atoms with Gasteiger partial charge in [0.2, 0.25) is 0 Å². The van der Waals surface area contributed by atoms with Gasteiger partial charge in [0, 0.05) is 10.2 Å². The monoisotopic (exact) mass is 358 g/mol. The van der Waals surface area contributed by atoms with Crippen LogP contribution in [0.3, 0.4) is 0 Å². The minimum Gasteiger partial charge on any atom is -0.308 e. The molecule has 0 unspecified atom stereocenters. The summed E-state index contributed by atoms with van der Waals surface area (Å²) in [5.41, 5.74) is 0.934. The summed E-state index contributed by atoms with van der Waals surface area (Å²) in [5, 5.41) is 4.58. The van der Waals surface area contributed by atoms with E-state index in [0.29, 0.717) is 5.69 Å². The largest absolute Gasteiger partial charge is 0.323 e. The van der Waals surface area contributed by atoms with E-state index in [1.54, 1.807) is 18.2 Å². The molecule has 2 aromatic rings. The van der Waals surface area contributed by atoms with Gasteiger partial charge in [-0.1, -0.05) is 15.9 Å². The number of nitrogens with one attached hydrogen (secondary N) is 2. The number of aryl methyl sites for hydroxylation is 1. The molecular formula is C14H10BrF3N2O. The van der Waals surface area contributed by atoms with Crippen molar-refractivity contribution in [2.75, 3.05) is 10.6 Å². The van der Waals surface area contributed by atoms with E-state index in [9.17, 15) is 18.0 Å². The molecule has 2 amide bonds. The maximum absolute atomic E-state index is 13.4. The molecule has 110 valence electrons. The topological polar surface area (TPSA) is 41.1 Å². The fourth-order valence-electron chi connectivity index (χ4n) is 1.63. The van der Waals surface area contributed by atoms with Crippen molar-refractivity contribution in [2.45, 2.75) is 6.92 Å². The van der Waals surface area contributed by atoms with Crippen LogP contribution in [0.1, 0.15) is 5.56 Å². The van der Waals surface area contributed by atoms with Gasteiger partial charge in [0.25, 0.3) is 0 Å². The number of carbonyl (C=O) groups is 1. The molecule has 0 atom stereocenters. The summed E-state index contributed by atoms with van der Waals surface area (Å²) in [6, 6.07) is 5.99. The molecule has 7 heteroatoms. The highest BCUT2D eigenvalue weighted by molar-refractivity contribution is 9.10. The van der Waals surface area contributed by atoms with Crippen molar-refractivity contribution in [3.05, 3.63) is 57.8 Å². The predicted molar refractivity (Wildman–Crippen MR) is 77.8 cm³/mol. The van der Waals surface area contributed by atoms with Gasteiger partial charge in [0.05, 0.1) is 5.69 Å².